The van der Waals surface area contributed by atoms with Crippen LogP contribution in [0, 0.1) is 5.92 Å². The van der Waals surface area contributed by atoms with Crippen LogP contribution < -0.4 is 16.4 Å². The molecule has 2 amide bonds. The maximum atomic E-state index is 12.1. The van der Waals surface area contributed by atoms with Crippen molar-refractivity contribution in [3.8, 4) is 0 Å². The van der Waals surface area contributed by atoms with Crippen LogP contribution in [-0.4, -0.2) is 23.3 Å². The normalized spacial score (nSPS) is 10.7. The zero-order chi connectivity index (χ0) is 17.5. The Bertz CT molecular complexity index is 695. The predicted molar refractivity (Wildman–Crippen MR) is 97.4 cm³/mol. The summed E-state index contributed by atoms with van der Waals surface area (Å²) in [4.78, 5) is 28.1. The largest absolute Gasteiger partial charge is 0.330 e. The molecule has 4 N–H and O–H groups in total. The number of nitrogens with zero attached hydrogens (tertiary/aromatic N) is 1. The second kappa shape index (κ2) is 8.56. The van der Waals surface area contributed by atoms with Crippen molar-refractivity contribution in [3.05, 3.63) is 40.3 Å². The molecule has 0 aliphatic carbocycles. The number of carbonyl (C=O) groups is 2. The van der Waals surface area contributed by atoms with Gasteiger partial charge in [0.1, 0.15) is 5.69 Å². The Kier molecular flexibility index (Phi) is 6.45. The van der Waals surface area contributed by atoms with Gasteiger partial charge < -0.3 is 16.4 Å². The number of amides is 2. The maximum absolute atomic E-state index is 12.1. The van der Waals surface area contributed by atoms with Crippen LogP contribution in [0.5, 0.6) is 0 Å². The SMILES string of the molecule is CC(C)CC(=O)Nc1ccc(NC(=O)c2csc(CCN)n2)cc1. The number of rotatable bonds is 7. The lowest BCUT2D eigenvalue weighted by molar-refractivity contribution is -0.116. The standard InChI is InChI=1S/C17H22N4O2S/c1-11(2)9-15(22)19-12-3-5-13(6-4-12)20-17(23)14-10-24-16(21-14)7-8-18/h3-6,10-11H,7-9,18H2,1-2H3,(H,19,22)(H,20,23). The molecule has 0 spiro atoms. The van der Waals surface area contributed by atoms with Crippen molar-refractivity contribution in [1.29, 1.82) is 0 Å². The number of benzene rings is 1. The Morgan fingerprint density at radius 2 is 1.79 bits per heavy atom. The Balaban J connectivity index is 1.93. The van der Waals surface area contributed by atoms with Gasteiger partial charge in [-0.25, -0.2) is 4.98 Å². The van der Waals surface area contributed by atoms with E-state index in [9.17, 15) is 9.59 Å². The van der Waals surface area contributed by atoms with Crippen LogP contribution in [0.15, 0.2) is 29.6 Å². The molecule has 0 unspecified atom stereocenters. The molecule has 0 saturated carbocycles. The lowest BCUT2D eigenvalue weighted by Gasteiger charge is -2.08. The number of thiazole rings is 1. The minimum Gasteiger partial charge on any atom is -0.330 e. The van der Waals surface area contributed by atoms with Gasteiger partial charge in [0.25, 0.3) is 5.91 Å². The molecule has 2 rings (SSSR count). The Morgan fingerprint density at radius 3 is 2.38 bits per heavy atom. The molecule has 0 atom stereocenters. The van der Waals surface area contributed by atoms with E-state index >= 15 is 0 Å². The van der Waals surface area contributed by atoms with E-state index in [-0.39, 0.29) is 11.8 Å². The van der Waals surface area contributed by atoms with E-state index in [1.807, 2.05) is 13.8 Å². The minimum absolute atomic E-state index is 0.0170. The van der Waals surface area contributed by atoms with Crippen molar-refractivity contribution in [2.45, 2.75) is 26.7 Å². The zero-order valence-electron chi connectivity index (χ0n) is 13.8. The first kappa shape index (κ1) is 18.1. The van der Waals surface area contributed by atoms with E-state index in [2.05, 4.69) is 15.6 Å². The minimum atomic E-state index is -0.258. The highest BCUT2D eigenvalue weighted by Crippen LogP contribution is 2.16. The number of nitrogens with one attached hydrogen (secondary N) is 2. The van der Waals surface area contributed by atoms with Gasteiger partial charge in [0.15, 0.2) is 0 Å². The van der Waals surface area contributed by atoms with Crippen molar-refractivity contribution in [3.63, 3.8) is 0 Å². The highest BCUT2D eigenvalue weighted by molar-refractivity contribution is 7.09. The van der Waals surface area contributed by atoms with Crippen molar-refractivity contribution in [1.82, 2.24) is 4.98 Å². The fraction of sp³-hybridized carbons (Fsp3) is 0.353. The third-order valence-electron chi connectivity index (χ3n) is 3.16. The Labute approximate surface area is 145 Å². The number of nitrogens with two attached hydrogens (primary N) is 1. The number of hydrogen-bond acceptors (Lipinski definition) is 5. The number of hydrogen-bond donors (Lipinski definition) is 3. The van der Waals surface area contributed by atoms with Crippen molar-refractivity contribution < 1.29 is 9.59 Å². The van der Waals surface area contributed by atoms with Gasteiger partial charge in [0.2, 0.25) is 5.91 Å². The molecule has 0 radical (unpaired) electrons. The molecule has 0 fully saturated rings. The van der Waals surface area contributed by atoms with Gasteiger partial charge in [0.05, 0.1) is 5.01 Å². The summed E-state index contributed by atoms with van der Waals surface area (Å²) >= 11 is 1.43. The number of carbonyl (C=O) groups excluding carboxylic acids is 2. The molecular formula is C17H22N4O2S. The Morgan fingerprint density at radius 1 is 1.17 bits per heavy atom. The summed E-state index contributed by atoms with van der Waals surface area (Å²) in [5.74, 6) is 0.0358. The van der Waals surface area contributed by atoms with Crippen LogP contribution in [0.2, 0.25) is 0 Å². The molecular weight excluding hydrogens is 324 g/mol. The van der Waals surface area contributed by atoms with Crippen LogP contribution in [-0.2, 0) is 11.2 Å². The lowest BCUT2D eigenvalue weighted by Crippen LogP contribution is -2.14. The summed E-state index contributed by atoms with van der Waals surface area (Å²) in [7, 11) is 0. The van der Waals surface area contributed by atoms with E-state index in [0.29, 0.717) is 42.4 Å². The van der Waals surface area contributed by atoms with Crippen LogP contribution >= 0.6 is 11.3 Å². The van der Waals surface area contributed by atoms with Gasteiger partial charge in [-0.15, -0.1) is 11.3 Å². The van der Waals surface area contributed by atoms with Crippen molar-refractivity contribution in [2.75, 3.05) is 17.2 Å². The molecule has 0 aliphatic rings. The second-order valence-electron chi connectivity index (χ2n) is 5.84. The van der Waals surface area contributed by atoms with Gasteiger partial charge in [0, 0.05) is 29.6 Å². The second-order valence-corrected chi connectivity index (χ2v) is 6.79. The highest BCUT2D eigenvalue weighted by Gasteiger charge is 2.11. The molecule has 0 bridgehead atoms. The molecule has 1 heterocycles. The Hall–Kier alpha value is -2.25. The quantitative estimate of drug-likeness (QED) is 0.718. The number of anilines is 2. The maximum Gasteiger partial charge on any atom is 0.275 e. The topological polar surface area (TPSA) is 97.1 Å². The molecule has 2 aromatic rings. The molecule has 6 nitrogen and oxygen atoms in total. The summed E-state index contributed by atoms with van der Waals surface area (Å²) in [5.41, 5.74) is 7.22. The molecule has 1 aromatic carbocycles. The monoisotopic (exact) mass is 346 g/mol. The number of aromatic nitrogens is 1. The van der Waals surface area contributed by atoms with Crippen LogP contribution in [0.1, 0.15) is 35.8 Å². The fourth-order valence-corrected chi connectivity index (χ4v) is 2.86. The van der Waals surface area contributed by atoms with Crippen molar-refractivity contribution >= 4 is 34.5 Å². The van der Waals surface area contributed by atoms with E-state index in [1.54, 1.807) is 29.6 Å². The summed E-state index contributed by atoms with van der Waals surface area (Å²) in [6, 6.07) is 7.01. The molecule has 0 saturated heterocycles. The van der Waals surface area contributed by atoms with Gasteiger partial charge >= 0.3 is 0 Å². The summed E-state index contributed by atoms with van der Waals surface area (Å²) in [6.45, 7) is 4.50. The third kappa shape index (κ3) is 5.43. The third-order valence-corrected chi connectivity index (χ3v) is 4.07. The van der Waals surface area contributed by atoms with Crippen LogP contribution in [0.4, 0.5) is 11.4 Å². The van der Waals surface area contributed by atoms with Gasteiger partial charge in [-0.05, 0) is 36.7 Å². The summed E-state index contributed by atoms with van der Waals surface area (Å²) in [6.07, 6.45) is 1.15. The predicted octanol–water partition coefficient (Wildman–Crippen LogP) is 2.88. The molecule has 128 valence electrons. The smallest absolute Gasteiger partial charge is 0.275 e. The summed E-state index contributed by atoms with van der Waals surface area (Å²) < 4.78 is 0. The highest BCUT2D eigenvalue weighted by atomic mass is 32.1. The van der Waals surface area contributed by atoms with Crippen LogP contribution in [0.25, 0.3) is 0 Å². The average molecular weight is 346 g/mol. The van der Waals surface area contributed by atoms with Gasteiger partial charge in [-0.1, -0.05) is 13.8 Å². The summed E-state index contributed by atoms with van der Waals surface area (Å²) in [5, 5.41) is 8.19. The van der Waals surface area contributed by atoms with Gasteiger partial charge in [-0.3, -0.25) is 9.59 Å². The van der Waals surface area contributed by atoms with E-state index in [1.165, 1.54) is 11.3 Å². The van der Waals surface area contributed by atoms with E-state index in [4.69, 9.17) is 5.73 Å². The van der Waals surface area contributed by atoms with Crippen LogP contribution in [0.3, 0.4) is 0 Å². The van der Waals surface area contributed by atoms with E-state index < -0.39 is 0 Å². The van der Waals surface area contributed by atoms with Crippen molar-refractivity contribution in [2.24, 2.45) is 11.7 Å². The van der Waals surface area contributed by atoms with E-state index in [0.717, 1.165) is 5.01 Å². The average Bonchev–Trinajstić information content (AvgIpc) is 2.97. The molecule has 7 heteroatoms. The first-order valence-electron chi connectivity index (χ1n) is 7.83. The zero-order valence-corrected chi connectivity index (χ0v) is 14.7. The molecule has 24 heavy (non-hydrogen) atoms. The molecule has 0 aliphatic heterocycles. The lowest BCUT2D eigenvalue weighted by atomic mass is 10.1. The first-order valence-corrected chi connectivity index (χ1v) is 8.71. The fourth-order valence-electron chi connectivity index (χ4n) is 2.07. The first-order chi connectivity index (χ1) is 11.5. The molecule has 1 aromatic heterocycles. The van der Waals surface area contributed by atoms with Gasteiger partial charge in [-0.2, -0.15) is 0 Å².